The van der Waals surface area contributed by atoms with E-state index in [4.69, 9.17) is 5.11 Å². The number of nitrogens with one attached hydrogen (secondary N) is 1. The second-order valence-corrected chi connectivity index (χ2v) is 3.86. The smallest absolute Gasteiger partial charge is 0.356 e. The molecule has 0 aliphatic carbocycles. The van der Waals surface area contributed by atoms with E-state index in [0.29, 0.717) is 12.2 Å². The quantitative estimate of drug-likeness (QED) is 0.827. The molecule has 0 atom stereocenters. The highest BCUT2D eigenvalue weighted by molar-refractivity contribution is 5.91. The number of pyridine rings is 1. The van der Waals surface area contributed by atoms with Crippen molar-refractivity contribution in [3.8, 4) is 0 Å². The molecule has 0 aromatic carbocycles. The molecule has 0 spiro atoms. The Balaban J connectivity index is 1.96. The minimum absolute atomic E-state index is 0.0403. The lowest BCUT2D eigenvalue weighted by molar-refractivity contribution is 0.0691. The Morgan fingerprint density at radius 3 is 3.00 bits per heavy atom. The van der Waals surface area contributed by atoms with Gasteiger partial charge >= 0.3 is 5.97 Å². The van der Waals surface area contributed by atoms with Crippen molar-refractivity contribution in [2.75, 3.05) is 11.9 Å². The van der Waals surface area contributed by atoms with Crippen molar-refractivity contribution >= 4 is 11.7 Å². The fraction of sp³-hybridized carbons (Fsp3) is 0.250. The maximum Gasteiger partial charge on any atom is 0.356 e. The number of hydrogen-bond acceptors (Lipinski definition) is 4. The van der Waals surface area contributed by atoms with Crippen LogP contribution in [0.5, 0.6) is 0 Å². The van der Waals surface area contributed by atoms with Crippen molar-refractivity contribution in [1.82, 2.24) is 14.8 Å². The summed E-state index contributed by atoms with van der Waals surface area (Å²) in [6, 6.07) is 5.34. The molecule has 2 heterocycles. The van der Waals surface area contributed by atoms with Crippen LogP contribution in [0.4, 0.5) is 5.69 Å². The lowest BCUT2D eigenvalue weighted by Crippen LogP contribution is -2.11. The first-order valence-electron chi connectivity index (χ1n) is 5.57. The largest absolute Gasteiger partial charge is 0.476 e. The van der Waals surface area contributed by atoms with E-state index in [2.05, 4.69) is 15.4 Å². The molecule has 6 nitrogen and oxygen atoms in total. The number of rotatable bonds is 5. The summed E-state index contributed by atoms with van der Waals surface area (Å²) in [5.41, 5.74) is 1.53. The summed E-state index contributed by atoms with van der Waals surface area (Å²) in [4.78, 5) is 14.8. The zero-order chi connectivity index (χ0) is 13.0. The van der Waals surface area contributed by atoms with Gasteiger partial charge in [-0.15, -0.1) is 0 Å². The predicted molar refractivity (Wildman–Crippen MR) is 66.6 cm³/mol. The zero-order valence-corrected chi connectivity index (χ0v) is 10.00. The summed E-state index contributed by atoms with van der Waals surface area (Å²) in [5, 5.41) is 16.3. The Morgan fingerprint density at radius 1 is 1.50 bits per heavy atom. The summed E-state index contributed by atoms with van der Waals surface area (Å²) >= 11 is 0. The third-order valence-electron chi connectivity index (χ3n) is 2.48. The van der Waals surface area contributed by atoms with Crippen LogP contribution in [-0.4, -0.2) is 32.4 Å². The van der Waals surface area contributed by atoms with Crippen LogP contribution in [-0.2, 0) is 13.5 Å². The molecule has 2 N–H and O–H groups in total. The van der Waals surface area contributed by atoms with Gasteiger partial charge in [-0.3, -0.25) is 4.68 Å². The van der Waals surface area contributed by atoms with Gasteiger partial charge in [0.25, 0.3) is 0 Å². The Labute approximate surface area is 104 Å². The minimum Gasteiger partial charge on any atom is -0.476 e. The molecule has 6 heteroatoms. The maximum atomic E-state index is 10.9. The molecule has 0 radical (unpaired) electrons. The molecule has 2 aromatic heterocycles. The normalized spacial score (nSPS) is 10.3. The Hall–Kier alpha value is -2.37. The van der Waals surface area contributed by atoms with Crippen molar-refractivity contribution < 1.29 is 9.90 Å². The number of aromatic nitrogens is 3. The maximum absolute atomic E-state index is 10.9. The van der Waals surface area contributed by atoms with E-state index >= 15 is 0 Å². The van der Waals surface area contributed by atoms with Gasteiger partial charge in [-0.05, 0) is 18.2 Å². The molecule has 94 valence electrons. The lowest BCUT2D eigenvalue weighted by atomic mass is 10.2. The fourth-order valence-corrected chi connectivity index (χ4v) is 1.64. The summed E-state index contributed by atoms with van der Waals surface area (Å²) in [7, 11) is 1.86. The Bertz CT molecular complexity index is 551. The average molecular weight is 246 g/mol. The average Bonchev–Trinajstić information content (AvgIpc) is 2.75. The van der Waals surface area contributed by atoms with Gasteiger partial charge in [0.2, 0.25) is 0 Å². The molecule has 18 heavy (non-hydrogen) atoms. The number of carbonyl (C=O) groups is 1. The first-order chi connectivity index (χ1) is 8.66. The van der Waals surface area contributed by atoms with E-state index in [1.807, 2.05) is 19.3 Å². The number of hydrogen-bond donors (Lipinski definition) is 2. The molecule has 2 rings (SSSR count). The Kier molecular flexibility index (Phi) is 3.57. The van der Waals surface area contributed by atoms with Crippen LogP contribution in [0.2, 0.25) is 0 Å². The second kappa shape index (κ2) is 5.31. The number of aryl methyl sites for hydroxylation is 1. The molecule has 0 unspecified atom stereocenters. The zero-order valence-electron chi connectivity index (χ0n) is 10.00. The van der Waals surface area contributed by atoms with Crippen LogP contribution < -0.4 is 5.32 Å². The monoisotopic (exact) mass is 246 g/mol. The first-order valence-corrected chi connectivity index (χ1v) is 5.57. The van der Waals surface area contributed by atoms with Gasteiger partial charge in [0.1, 0.15) is 0 Å². The van der Waals surface area contributed by atoms with Crippen LogP contribution in [0, 0.1) is 0 Å². The highest BCUT2D eigenvalue weighted by Gasteiger charge is 2.10. The second-order valence-electron chi connectivity index (χ2n) is 3.86. The molecule has 0 saturated heterocycles. The summed E-state index contributed by atoms with van der Waals surface area (Å²) < 4.78 is 1.74. The highest BCUT2D eigenvalue weighted by Crippen LogP contribution is 2.11. The molecule has 0 fully saturated rings. The summed E-state index contributed by atoms with van der Waals surface area (Å²) in [6.45, 7) is 0.614. The van der Waals surface area contributed by atoms with Gasteiger partial charge in [0.05, 0.1) is 11.4 Å². The van der Waals surface area contributed by atoms with E-state index in [-0.39, 0.29) is 5.69 Å². The number of carboxylic acids is 1. The SMILES string of the molecule is Cn1ccc(CCNc2cccnc2C(=O)O)n1. The standard InChI is InChI=1S/C12H14N4O2/c1-16-8-5-9(15-16)4-7-13-10-3-2-6-14-11(10)12(17)18/h2-3,5-6,8,13H,4,7H2,1H3,(H,17,18). The molecule has 0 aliphatic heterocycles. The number of anilines is 1. The molecule has 0 bridgehead atoms. The van der Waals surface area contributed by atoms with Crippen molar-refractivity contribution in [2.45, 2.75) is 6.42 Å². The third-order valence-corrected chi connectivity index (χ3v) is 2.48. The summed E-state index contributed by atoms with van der Waals surface area (Å²) in [6.07, 6.45) is 4.07. The van der Waals surface area contributed by atoms with Crippen molar-refractivity contribution in [3.63, 3.8) is 0 Å². The predicted octanol–water partition coefficient (Wildman–Crippen LogP) is 1.17. The molecule has 2 aromatic rings. The van der Waals surface area contributed by atoms with Crippen molar-refractivity contribution in [2.24, 2.45) is 7.05 Å². The van der Waals surface area contributed by atoms with Gasteiger partial charge < -0.3 is 10.4 Å². The van der Waals surface area contributed by atoms with Crippen LogP contribution in [0.15, 0.2) is 30.6 Å². The number of nitrogens with zero attached hydrogens (tertiary/aromatic N) is 3. The van der Waals surface area contributed by atoms with E-state index in [9.17, 15) is 4.79 Å². The molecule has 0 amide bonds. The number of carboxylic acid groups (broad SMARTS) is 1. The fourth-order valence-electron chi connectivity index (χ4n) is 1.64. The molecular formula is C12H14N4O2. The van der Waals surface area contributed by atoms with Gasteiger partial charge in [-0.1, -0.05) is 0 Å². The van der Waals surface area contributed by atoms with Gasteiger partial charge in [0.15, 0.2) is 5.69 Å². The van der Waals surface area contributed by atoms with Gasteiger partial charge in [-0.25, -0.2) is 9.78 Å². The number of aromatic carboxylic acids is 1. The molecular weight excluding hydrogens is 232 g/mol. The molecule has 0 aliphatic rings. The van der Waals surface area contributed by atoms with Crippen molar-refractivity contribution in [3.05, 3.63) is 42.0 Å². The van der Waals surface area contributed by atoms with E-state index < -0.39 is 5.97 Å². The van der Waals surface area contributed by atoms with Crippen molar-refractivity contribution in [1.29, 1.82) is 0 Å². The summed E-state index contributed by atoms with van der Waals surface area (Å²) in [5.74, 6) is -1.03. The first kappa shape index (κ1) is 12.1. The van der Waals surface area contributed by atoms with Crippen LogP contribution in [0.3, 0.4) is 0 Å². The minimum atomic E-state index is -1.03. The van der Waals surface area contributed by atoms with Crippen LogP contribution in [0.25, 0.3) is 0 Å². The lowest BCUT2D eigenvalue weighted by Gasteiger charge is -2.07. The van der Waals surface area contributed by atoms with Gasteiger partial charge in [0, 0.05) is 32.4 Å². The van der Waals surface area contributed by atoms with Gasteiger partial charge in [-0.2, -0.15) is 5.10 Å². The van der Waals surface area contributed by atoms with E-state index in [1.165, 1.54) is 6.20 Å². The Morgan fingerprint density at radius 2 is 2.33 bits per heavy atom. The highest BCUT2D eigenvalue weighted by atomic mass is 16.4. The van der Waals surface area contributed by atoms with Crippen LogP contribution in [0.1, 0.15) is 16.2 Å². The third kappa shape index (κ3) is 2.85. The van der Waals surface area contributed by atoms with E-state index in [1.54, 1.807) is 16.8 Å². The molecule has 0 saturated carbocycles. The van der Waals surface area contributed by atoms with E-state index in [0.717, 1.165) is 12.1 Å². The van der Waals surface area contributed by atoms with Crippen LogP contribution >= 0.6 is 0 Å². The topological polar surface area (TPSA) is 80.0 Å².